The van der Waals surface area contributed by atoms with Gasteiger partial charge in [-0.2, -0.15) is 0 Å². The van der Waals surface area contributed by atoms with Crippen molar-refractivity contribution in [1.29, 1.82) is 0 Å². The molecule has 0 aromatic heterocycles. The molecule has 1 aromatic carbocycles. The average molecular weight is 364 g/mol. The summed E-state index contributed by atoms with van der Waals surface area (Å²) in [6, 6.07) is 5.34. The fourth-order valence-corrected chi connectivity index (χ4v) is 3.49. The molecule has 1 fully saturated rings. The number of sulfonamides is 1. The standard InChI is InChI=1S/C14H21N3O4S.ClH/c1-9(2)17-22(20,21)12-5-3-10(4-6-12)16-14(19)13-7-11(18)8-15-13;/h3-6,9,11,13,15,17-18H,7-8H2,1-2H3,(H,16,19);1H. The maximum atomic E-state index is 12.0. The molecular formula is C14H22ClN3O4S. The minimum Gasteiger partial charge on any atom is -0.392 e. The summed E-state index contributed by atoms with van der Waals surface area (Å²) in [6.07, 6.45) is -0.137. The van der Waals surface area contributed by atoms with Crippen LogP contribution in [0.5, 0.6) is 0 Å². The normalized spacial score (nSPS) is 21.0. The van der Waals surface area contributed by atoms with Gasteiger partial charge in [0.2, 0.25) is 15.9 Å². The third-order valence-electron chi connectivity index (χ3n) is 3.25. The summed E-state index contributed by atoms with van der Waals surface area (Å²) in [6.45, 7) is 3.89. The molecule has 1 heterocycles. The fourth-order valence-electron chi connectivity index (χ4n) is 2.24. The van der Waals surface area contributed by atoms with E-state index in [0.717, 1.165) is 0 Å². The van der Waals surface area contributed by atoms with Gasteiger partial charge in [-0.1, -0.05) is 0 Å². The number of aliphatic hydroxyl groups excluding tert-OH is 1. The third kappa shape index (κ3) is 5.43. The Kier molecular flexibility index (Phi) is 6.97. The Morgan fingerprint density at radius 1 is 1.30 bits per heavy atom. The Hall–Kier alpha value is -1.19. The van der Waals surface area contributed by atoms with Crippen LogP contribution in [0.1, 0.15) is 20.3 Å². The van der Waals surface area contributed by atoms with Crippen LogP contribution in [0, 0.1) is 0 Å². The van der Waals surface area contributed by atoms with Crippen molar-refractivity contribution in [2.75, 3.05) is 11.9 Å². The molecule has 0 aliphatic carbocycles. The Bertz CT molecular complexity index is 634. The second-order valence-electron chi connectivity index (χ2n) is 5.64. The van der Waals surface area contributed by atoms with Crippen molar-refractivity contribution >= 4 is 34.0 Å². The highest BCUT2D eigenvalue weighted by Gasteiger charge is 2.28. The molecule has 1 aromatic rings. The van der Waals surface area contributed by atoms with E-state index in [1.807, 2.05) is 0 Å². The number of β-amino-alcohol motifs (C(OH)–C–C–N with tert-alkyl or cyclic N) is 1. The van der Waals surface area contributed by atoms with Gasteiger partial charge in [-0.05, 0) is 44.5 Å². The molecule has 0 spiro atoms. The molecule has 23 heavy (non-hydrogen) atoms. The van der Waals surface area contributed by atoms with Crippen molar-refractivity contribution in [2.24, 2.45) is 0 Å². The Labute approximate surface area is 142 Å². The first-order valence-electron chi connectivity index (χ1n) is 7.12. The number of amides is 1. The Morgan fingerprint density at radius 3 is 2.39 bits per heavy atom. The molecule has 1 saturated heterocycles. The van der Waals surface area contributed by atoms with Crippen molar-refractivity contribution in [3.63, 3.8) is 0 Å². The van der Waals surface area contributed by atoms with Crippen molar-refractivity contribution in [3.8, 4) is 0 Å². The lowest BCUT2D eigenvalue weighted by atomic mass is 10.2. The van der Waals surface area contributed by atoms with E-state index in [9.17, 15) is 18.3 Å². The van der Waals surface area contributed by atoms with Gasteiger partial charge in [0.1, 0.15) is 0 Å². The van der Waals surface area contributed by atoms with Gasteiger partial charge >= 0.3 is 0 Å². The number of benzene rings is 1. The molecule has 7 nitrogen and oxygen atoms in total. The highest BCUT2D eigenvalue weighted by Crippen LogP contribution is 2.16. The van der Waals surface area contributed by atoms with E-state index in [1.54, 1.807) is 13.8 Å². The second kappa shape index (κ2) is 8.07. The van der Waals surface area contributed by atoms with E-state index in [2.05, 4.69) is 15.4 Å². The SMILES string of the molecule is CC(C)NS(=O)(=O)c1ccc(NC(=O)C2CC(O)CN2)cc1.Cl. The minimum atomic E-state index is -3.54. The lowest BCUT2D eigenvalue weighted by Gasteiger charge is -2.12. The number of halogens is 1. The second-order valence-corrected chi connectivity index (χ2v) is 7.35. The summed E-state index contributed by atoms with van der Waals surface area (Å²) in [7, 11) is -3.54. The van der Waals surface area contributed by atoms with Crippen LogP contribution >= 0.6 is 12.4 Å². The predicted octanol–water partition coefficient (Wildman–Crippen LogP) is 0.456. The zero-order valence-electron chi connectivity index (χ0n) is 12.9. The van der Waals surface area contributed by atoms with Crippen LogP contribution in [0.4, 0.5) is 5.69 Å². The first kappa shape index (κ1) is 19.9. The molecular weight excluding hydrogens is 342 g/mol. The smallest absolute Gasteiger partial charge is 0.241 e. The van der Waals surface area contributed by atoms with E-state index >= 15 is 0 Å². The maximum absolute atomic E-state index is 12.0. The fraction of sp³-hybridized carbons (Fsp3) is 0.500. The molecule has 1 aliphatic rings. The van der Waals surface area contributed by atoms with Gasteiger partial charge in [-0.3, -0.25) is 4.79 Å². The number of nitrogens with one attached hydrogen (secondary N) is 3. The number of hydrogen-bond acceptors (Lipinski definition) is 5. The van der Waals surface area contributed by atoms with Gasteiger partial charge in [0.15, 0.2) is 0 Å². The molecule has 1 amide bonds. The quantitative estimate of drug-likeness (QED) is 0.607. The molecule has 9 heteroatoms. The van der Waals surface area contributed by atoms with E-state index in [0.29, 0.717) is 18.7 Å². The zero-order valence-corrected chi connectivity index (χ0v) is 14.6. The molecule has 2 rings (SSSR count). The Balaban J connectivity index is 0.00000264. The van der Waals surface area contributed by atoms with Gasteiger partial charge in [0, 0.05) is 18.3 Å². The number of carbonyl (C=O) groups is 1. The predicted molar refractivity (Wildman–Crippen MR) is 90.2 cm³/mol. The summed E-state index contributed by atoms with van der Waals surface area (Å²) in [5.74, 6) is -0.243. The van der Waals surface area contributed by atoms with Crippen molar-refractivity contribution < 1.29 is 18.3 Å². The van der Waals surface area contributed by atoms with Gasteiger partial charge in [0.05, 0.1) is 17.0 Å². The first-order chi connectivity index (χ1) is 10.3. The molecule has 0 saturated carbocycles. The van der Waals surface area contributed by atoms with E-state index in [4.69, 9.17) is 0 Å². The number of rotatable bonds is 5. The highest BCUT2D eigenvalue weighted by atomic mass is 35.5. The third-order valence-corrected chi connectivity index (χ3v) is 4.92. The van der Waals surface area contributed by atoms with Crippen LogP contribution in [0.25, 0.3) is 0 Å². The minimum absolute atomic E-state index is 0. The molecule has 0 radical (unpaired) electrons. The maximum Gasteiger partial charge on any atom is 0.241 e. The van der Waals surface area contributed by atoms with E-state index in [1.165, 1.54) is 24.3 Å². The number of hydrogen-bond donors (Lipinski definition) is 4. The average Bonchev–Trinajstić information content (AvgIpc) is 2.85. The molecule has 1 aliphatic heterocycles. The van der Waals surface area contributed by atoms with Crippen LogP contribution in [0.15, 0.2) is 29.2 Å². The van der Waals surface area contributed by atoms with E-state index < -0.39 is 22.2 Å². The monoisotopic (exact) mass is 363 g/mol. The summed E-state index contributed by atoms with van der Waals surface area (Å²) < 4.78 is 26.5. The lowest BCUT2D eigenvalue weighted by Crippen LogP contribution is -2.35. The number of aliphatic hydroxyl groups is 1. The molecule has 4 N–H and O–H groups in total. The van der Waals surface area contributed by atoms with Crippen LogP contribution in [-0.2, 0) is 14.8 Å². The topological polar surface area (TPSA) is 108 Å². The van der Waals surface area contributed by atoms with Gasteiger partial charge in [-0.15, -0.1) is 12.4 Å². The van der Waals surface area contributed by atoms with Crippen molar-refractivity contribution in [2.45, 2.75) is 43.4 Å². The van der Waals surface area contributed by atoms with Crippen LogP contribution in [0.3, 0.4) is 0 Å². The zero-order chi connectivity index (χ0) is 16.3. The first-order valence-corrected chi connectivity index (χ1v) is 8.61. The highest BCUT2D eigenvalue weighted by molar-refractivity contribution is 7.89. The van der Waals surface area contributed by atoms with Gasteiger partial charge in [0.25, 0.3) is 0 Å². The summed E-state index contributed by atoms with van der Waals surface area (Å²) in [4.78, 5) is 12.1. The van der Waals surface area contributed by atoms with Gasteiger partial charge < -0.3 is 15.7 Å². The van der Waals surface area contributed by atoms with Crippen LogP contribution in [0.2, 0.25) is 0 Å². The molecule has 2 unspecified atom stereocenters. The van der Waals surface area contributed by atoms with Crippen molar-refractivity contribution in [1.82, 2.24) is 10.0 Å². The number of carbonyl (C=O) groups excluding carboxylic acids is 1. The summed E-state index contributed by atoms with van der Waals surface area (Å²) in [5.41, 5.74) is 0.511. The van der Waals surface area contributed by atoms with Crippen molar-refractivity contribution in [3.05, 3.63) is 24.3 Å². The van der Waals surface area contributed by atoms with Crippen LogP contribution < -0.4 is 15.4 Å². The Morgan fingerprint density at radius 2 is 1.91 bits per heavy atom. The van der Waals surface area contributed by atoms with Gasteiger partial charge in [-0.25, -0.2) is 13.1 Å². The molecule has 2 atom stereocenters. The van der Waals surface area contributed by atoms with E-state index in [-0.39, 0.29) is 29.3 Å². The summed E-state index contributed by atoms with van der Waals surface area (Å²) >= 11 is 0. The molecule has 130 valence electrons. The lowest BCUT2D eigenvalue weighted by molar-refractivity contribution is -0.117. The molecule has 0 bridgehead atoms. The largest absolute Gasteiger partial charge is 0.392 e. The number of anilines is 1. The summed E-state index contributed by atoms with van der Waals surface area (Å²) in [5, 5.41) is 15.0. The van der Waals surface area contributed by atoms with Crippen LogP contribution in [-0.4, -0.2) is 44.2 Å².